The fourth-order valence-corrected chi connectivity index (χ4v) is 4.68. The molecule has 2 N–H and O–H groups in total. The number of nitrogens with zero attached hydrogens (tertiary/aromatic N) is 3. The molecule has 0 saturated carbocycles. The number of carbonyl (C=O) groups excluding carboxylic acids is 1. The summed E-state index contributed by atoms with van der Waals surface area (Å²) in [6.07, 6.45) is 2.61. The Balaban J connectivity index is 1.78. The van der Waals surface area contributed by atoms with Gasteiger partial charge in [0.25, 0.3) is 5.91 Å². The third-order valence-corrected chi connectivity index (χ3v) is 6.29. The summed E-state index contributed by atoms with van der Waals surface area (Å²) in [4.78, 5) is 23.3. The van der Waals surface area contributed by atoms with E-state index in [2.05, 4.69) is 9.98 Å². The first-order chi connectivity index (χ1) is 13.9. The van der Waals surface area contributed by atoms with Crippen molar-refractivity contribution in [2.75, 3.05) is 13.7 Å². The van der Waals surface area contributed by atoms with Crippen molar-refractivity contribution < 1.29 is 18.7 Å². The molecule has 1 unspecified atom stereocenters. The van der Waals surface area contributed by atoms with Gasteiger partial charge in [-0.25, -0.2) is 9.98 Å². The molecular weight excluding hydrogens is 375 g/mol. The second-order valence-electron chi connectivity index (χ2n) is 7.80. The minimum Gasteiger partial charge on any atom is -0.487 e. The van der Waals surface area contributed by atoms with Crippen LogP contribution in [0.5, 0.6) is 5.75 Å². The van der Waals surface area contributed by atoms with E-state index in [1.165, 1.54) is 11.1 Å². The van der Waals surface area contributed by atoms with Gasteiger partial charge in [0.2, 0.25) is 11.5 Å². The van der Waals surface area contributed by atoms with Crippen molar-refractivity contribution >= 4 is 11.9 Å². The van der Waals surface area contributed by atoms with Crippen molar-refractivity contribution in [3.63, 3.8) is 0 Å². The highest BCUT2D eigenvalue weighted by Gasteiger charge is 2.68. The van der Waals surface area contributed by atoms with Gasteiger partial charge in [0, 0.05) is 31.0 Å². The molecule has 1 saturated heterocycles. The molecule has 1 amide bonds. The maximum atomic E-state index is 14.3. The van der Waals surface area contributed by atoms with Crippen LogP contribution in [-0.2, 0) is 15.1 Å². The molecule has 0 aliphatic carbocycles. The molecule has 1 aromatic carbocycles. The number of hydrogen-bond donors (Lipinski definition) is 1. The first kappa shape index (κ1) is 18.1. The third-order valence-electron chi connectivity index (χ3n) is 6.29. The minimum absolute atomic E-state index is 0.120. The number of benzene rings is 1. The van der Waals surface area contributed by atoms with Crippen molar-refractivity contribution in [1.29, 1.82) is 0 Å². The lowest BCUT2D eigenvalue weighted by Gasteiger charge is -2.52. The highest BCUT2D eigenvalue weighted by atomic mass is 19.1. The molecule has 1 spiro atoms. The van der Waals surface area contributed by atoms with Crippen LogP contribution in [0.3, 0.4) is 0 Å². The topological polar surface area (TPSA) is 90.0 Å². The Bertz CT molecular complexity index is 1060. The average molecular weight is 396 g/mol. The summed E-state index contributed by atoms with van der Waals surface area (Å²) in [5.74, 6) is -0.215. The molecule has 29 heavy (non-hydrogen) atoms. The zero-order valence-electron chi connectivity index (χ0n) is 16.2. The molecule has 5 rings (SSSR count). The highest BCUT2D eigenvalue weighted by molar-refractivity contribution is 6.08. The molecule has 0 bridgehead atoms. The van der Waals surface area contributed by atoms with Gasteiger partial charge in [-0.3, -0.25) is 9.69 Å². The predicted octanol–water partition coefficient (Wildman–Crippen LogP) is 2.20. The van der Waals surface area contributed by atoms with Crippen molar-refractivity contribution in [2.24, 2.45) is 10.7 Å². The van der Waals surface area contributed by atoms with Crippen molar-refractivity contribution in [2.45, 2.75) is 37.0 Å². The number of aliphatic imine (C=N–C) groups is 1. The molecule has 2 aromatic rings. The van der Waals surface area contributed by atoms with E-state index in [0.717, 1.165) is 12.8 Å². The average Bonchev–Trinajstić information content (AvgIpc) is 2.95. The van der Waals surface area contributed by atoms with Gasteiger partial charge in [-0.1, -0.05) is 6.07 Å². The molecule has 3 atom stereocenters. The van der Waals surface area contributed by atoms with Crippen LogP contribution in [0.1, 0.15) is 25.3 Å². The number of fused-ring (bicyclic) bond motifs is 4. The van der Waals surface area contributed by atoms with E-state index < -0.39 is 17.1 Å². The quantitative estimate of drug-likeness (QED) is 0.747. The largest absolute Gasteiger partial charge is 0.487 e. The third kappa shape index (κ3) is 2.23. The summed E-state index contributed by atoms with van der Waals surface area (Å²) >= 11 is 0. The van der Waals surface area contributed by atoms with Crippen molar-refractivity contribution in [3.8, 4) is 16.9 Å². The van der Waals surface area contributed by atoms with Crippen LogP contribution in [0.2, 0.25) is 0 Å². The van der Waals surface area contributed by atoms with E-state index in [9.17, 15) is 9.18 Å². The van der Waals surface area contributed by atoms with Crippen LogP contribution < -0.4 is 10.5 Å². The van der Waals surface area contributed by atoms with E-state index in [0.29, 0.717) is 29.0 Å². The summed E-state index contributed by atoms with van der Waals surface area (Å²) < 4.78 is 26.8. The van der Waals surface area contributed by atoms with Crippen LogP contribution >= 0.6 is 0 Å². The second kappa shape index (κ2) is 6.00. The van der Waals surface area contributed by atoms with Crippen LogP contribution in [0, 0.1) is 5.95 Å². The number of amides is 1. The van der Waals surface area contributed by atoms with Gasteiger partial charge in [0.15, 0.2) is 5.96 Å². The van der Waals surface area contributed by atoms with E-state index >= 15 is 0 Å². The maximum absolute atomic E-state index is 14.3. The fraction of sp³-hybridized carbons (Fsp3) is 0.381. The lowest BCUT2D eigenvalue weighted by Crippen LogP contribution is -2.67. The molecule has 3 aliphatic rings. The van der Waals surface area contributed by atoms with Gasteiger partial charge in [0.1, 0.15) is 17.5 Å². The van der Waals surface area contributed by atoms with Gasteiger partial charge in [-0.2, -0.15) is 4.39 Å². The van der Waals surface area contributed by atoms with Gasteiger partial charge >= 0.3 is 0 Å². The second-order valence-corrected chi connectivity index (χ2v) is 7.80. The first-order valence-corrected chi connectivity index (χ1v) is 9.58. The number of halogens is 1. The van der Waals surface area contributed by atoms with Crippen LogP contribution in [-0.4, -0.2) is 47.1 Å². The number of pyridine rings is 1. The smallest absolute Gasteiger partial charge is 0.265 e. The van der Waals surface area contributed by atoms with E-state index in [-0.39, 0.29) is 18.0 Å². The molecule has 1 aromatic heterocycles. The van der Waals surface area contributed by atoms with E-state index in [1.807, 2.05) is 6.92 Å². The first-order valence-electron chi connectivity index (χ1n) is 9.58. The van der Waals surface area contributed by atoms with Crippen molar-refractivity contribution in [3.05, 3.63) is 48.0 Å². The summed E-state index contributed by atoms with van der Waals surface area (Å²) in [5, 5.41) is 0. The van der Waals surface area contributed by atoms with Gasteiger partial charge in [-0.15, -0.1) is 0 Å². The normalized spacial score (nSPS) is 30.6. The molecule has 4 heterocycles. The standard InChI is InChI=1S/C21H21FN4O3/c1-20-16(6-4-10-28-20)29-15-8-7-12(13-5-3-9-24-17(13)22)11-14(15)21(20)18(27)26(2)19(23)25-21/h3,5,7-9,11,16H,4,6,10H2,1-2H3,(H2,23,25)/t16?,20-,21+/m0/s1. The highest BCUT2D eigenvalue weighted by Crippen LogP contribution is 2.55. The Hall–Kier alpha value is -3.00. The Kier molecular flexibility index (Phi) is 3.73. The molecule has 7 nitrogen and oxygen atoms in total. The van der Waals surface area contributed by atoms with Gasteiger partial charge in [0.05, 0.1) is 0 Å². The number of hydrogen-bond acceptors (Lipinski definition) is 6. The number of aromatic nitrogens is 1. The molecule has 1 fully saturated rings. The number of nitrogens with two attached hydrogens (primary N) is 1. The predicted molar refractivity (Wildman–Crippen MR) is 104 cm³/mol. The SMILES string of the molecule is CN1C(=O)[C@]2(N=C1N)c1cc(-c3cccnc3F)ccc1OC1CCCO[C@@]12C. The molecule has 0 radical (unpaired) electrons. The van der Waals surface area contributed by atoms with Gasteiger partial charge in [-0.05, 0) is 49.6 Å². The lowest BCUT2D eigenvalue weighted by atomic mass is 9.68. The molecular formula is C21H21FN4O3. The van der Waals surface area contributed by atoms with Crippen LogP contribution in [0.15, 0.2) is 41.5 Å². The Morgan fingerprint density at radius 3 is 2.90 bits per heavy atom. The van der Waals surface area contributed by atoms with Crippen molar-refractivity contribution in [1.82, 2.24) is 9.88 Å². The number of rotatable bonds is 1. The zero-order chi connectivity index (χ0) is 20.4. The zero-order valence-corrected chi connectivity index (χ0v) is 16.2. The Morgan fingerprint density at radius 1 is 1.34 bits per heavy atom. The summed E-state index contributed by atoms with van der Waals surface area (Å²) in [7, 11) is 1.59. The van der Waals surface area contributed by atoms with Crippen LogP contribution in [0.4, 0.5) is 4.39 Å². The number of likely N-dealkylation sites (N-methyl/N-ethyl adjacent to an activating group) is 1. The molecule has 3 aliphatic heterocycles. The lowest BCUT2D eigenvalue weighted by molar-refractivity contribution is -0.191. The van der Waals surface area contributed by atoms with Gasteiger partial charge < -0.3 is 15.2 Å². The maximum Gasteiger partial charge on any atom is 0.265 e. The number of guanidine groups is 1. The molecule has 150 valence electrons. The number of ether oxygens (including phenoxy) is 2. The van der Waals surface area contributed by atoms with E-state index in [1.54, 1.807) is 37.4 Å². The Labute approximate surface area is 167 Å². The fourth-order valence-electron chi connectivity index (χ4n) is 4.68. The Morgan fingerprint density at radius 2 is 2.17 bits per heavy atom. The molecule has 8 heteroatoms. The number of carbonyl (C=O) groups is 1. The summed E-state index contributed by atoms with van der Waals surface area (Å²) in [6.45, 7) is 2.35. The minimum atomic E-state index is -1.39. The summed E-state index contributed by atoms with van der Waals surface area (Å²) in [6, 6.07) is 8.56. The summed E-state index contributed by atoms with van der Waals surface area (Å²) in [5.41, 5.74) is 5.08. The van der Waals surface area contributed by atoms with E-state index in [4.69, 9.17) is 15.2 Å². The van der Waals surface area contributed by atoms with Crippen LogP contribution in [0.25, 0.3) is 11.1 Å². The monoisotopic (exact) mass is 396 g/mol.